The Morgan fingerprint density at radius 2 is 2.21 bits per heavy atom. The molecule has 0 radical (unpaired) electrons. The summed E-state index contributed by atoms with van der Waals surface area (Å²) in [5, 5.41) is 11.7. The fourth-order valence-corrected chi connectivity index (χ4v) is 4.94. The number of carboxylic acid groups (broad SMARTS) is 1. The van der Waals surface area contributed by atoms with Crippen LogP contribution in [0, 0.1) is 0 Å². The molecule has 6 nitrogen and oxygen atoms in total. The third-order valence-electron chi connectivity index (χ3n) is 4.22. The molecule has 0 spiro atoms. The molecular weight excluding hydrogens is 348 g/mol. The topological polar surface area (TPSA) is 86.7 Å². The van der Waals surface area contributed by atoms with Crippen molar-refractivity contribution in [1.29, 1.82) is 0 Å². The molecule has 2 aliphatic rings. The van der Waals surface area contributed by atoms with Crippen LogP contribution < -0.4 is 5.32 Å². The van der Waals surface area contributed by atoms with Crippen molar-refractivity contribution in [2.24, 2.45) is 0 Å². The van der Waals surface area contributed by atoms with Crippen LogP contribution in [-0.2, 0) is 9.59 Å². The van der Waals surface area contributed by atoms with Gasteiger partial charge in [0.2, 0.25) is 5.91 Å². The summed E-state index contributed by atoms with van der Waals surface area (Å²) >= 11 is 3.07. The number of benzene rings is 1. The highest BCUT2D eigenvalue weighted by Crippen LogP contribution is 2.48. The first-order valence-electron chi connectivity index (χ1n) is 7.60. The molecule has 0 bridgehead atoms. The van der Waals surface area contributed by atoms with Crippen LogP contribution in [0.3, 0.4) is 0 Å². The molecule has 0 aliphatic carbocycles. The molecule has 1 saturated heterocycles. The van der Waals surface area contributed by atoms with E-state index in [2.05, 4.69) is 5.32 Å². The molecule has 2 amide bonds. The summed E-state index contributed by atoms with van der Waals surface area (Å²) in [5.74, 6) is -0.467. The second-order valence-corrected chi connectivity index (χ2v) is 7.78. The Hall–Kier alpha value is -1.67. The lowest BCUT2D eigenvalue weighted by Gasteiger charge is -2.24. The molecule has 1 aromatic rings. The van der Waals surface area contributed by atoms with E-state index in [1.807, 2.05) is 24.5 Å². The predicted molar refractivity (Wildman–Crippen MR) is 94.2 cm³/mol. The van der Waals surface area contributed by atoms with Crippen LogP contribution in [0.2, 0.25) is 0 Å². The van der Waals surface area contributed by atoms with Crippen molar-refractivity contribution in [2.75, 3.05) is 17.8 Å². The van der Waals surface area contributed by atoms with Gasteiger partial charge in [-0.2, -0.15) is 11.8 Å². The van der Waals surface area contributed by atoms with E-state index in [1.165, 1.54) is 11.8 Å². The van der Waals surface area contributed by atoms with Gasteiger partial charge in [0, 0.05) is 11.3 Å². The minimum Gasteiger partial charge on any atom is -0.480 e. The maximum atomic E-state index is 12.6. The SMILES string of the molecule is CSCC[C@@H](NC(=O)[C@H]1CS[C@H]2c3ccccc3C(=O)N12)C(=O)O. The molecule has 2 heterocycles. The molecule has 2 aliphatic heterocycles. The second kappa shape index (κ2) is 7.06. The van der Waals surface area contributed by atoms with Gasteiger partial charge >= 0.3 is 5.97 Å². The number of carbonyl (C=O) groups is 3. The maximum Gasteiger partial charge on any atom is 0.326 e. The number of amides is 2. The van der Waals surface area contributed by atoms with E-state index in [4.69, 9.17) is 0 Å². The molecule has 0 saturated carbocycles. The minimum absolute atomic E-state index is 0.154. The average Bonchev–Trinajstić information content (AvgIpc) is 3.12. The monoisotopic (exact) mass is 366 g/mol. The zero-order valence-electron chi connectivity index (χ0n) is 13.1. The number of rotatable bonds is 6. The Kier molecular flexibility index (Phi) is 5.05. The standard InChI is InChI=1S/C16H18N2O4S2/c1-23-7-6-11(16(21)22)17-13(19)12-8-24-15-10-5-3-2-4-9(10)14(20)18(12)15/h2-5,11-12,15H,6-8H2,1H3,(H,17,19)(H,21,22)/t11-,12-,15+/m1/s1. The summed E-state index contributed by atoms with van der Waals surface area (Å²) in [5.41, 5.74) is 1.56. The van der Waals surface area contributed by atoms with Crippen LogP contribution >= 0.6 is 23.5 Å². The summed E-state index contributed by atoms with van der Waals surface area (Å²) in [7, 11) is 0. The van der Waals surface area contributed by atoms with Gasteiger partial charge in [-0.3, -0.25) is 9.59 Å². The predicted octanol–water partition coefficient (Wildman–Crippen LogP) is 1.58. The number of nitrogens with one attached hydrogen (secondary N) is 1. The quantitative estimate of drug-likeness (QED) is 0.795. The van der Waals surface area contributed by atoms with Crippen molar-refractivity contribution >= 4 is 41.3 Å². The molecule has 1 aromatic carbocycles. The lowest BCUT2D eigenvalue weighted by Crippen LogP contribution is -2.51. The highest BCUT2D eigenvalue weighted by Gasteiger charge is 2.48. The summed E-state index contributed by atoms with van der Waals surface area (Å²) in [6.45, 7) is 0. The third kappa shape index (κ3) is 3.00. The number of thioether (sulfide) groups is 2. The summed E-state index contributed by atoms with van der Waals surface area (Å²) < 4.78 is 0. The molecule has 128 valence electrons. The van der Waals surface area contributed by atoms with Gasteiger partial charge in [0.05, 0.1) is 0 Å². The first kappa shape index (κ1) is 17.2. The molecule has 0 aromatic heterocycles. The first-order valence-corrected chi connectivity index (χ1v) is 10.0. The van der Waals surface area contributed by atoms with Crippen LogP contribution in [-0.4, -0.2) is 57.6 Å². The van der Waals surface area contributed by atoms with Gasteiger partial charge in [0.1, 0.15) is 17.5 Å². The van der Waals surface area contributed by atoms with E-state index < -0.39 is 18.1 Å². The molecule has 24 heavy (non-hydrogen) atoms. The Bertz CT molecular complexity index is 682. The van der Waals surface area contributed by atoms with Crippen molar-refractivity contribution in [2.45, 2.75) is 23.9 Å². The average molecular weight is 366 g/mol. The maximum absolute atomic E-state index is 12.6. The minimum atomic E-state index is -1.05. The number of carboxylic acids is 1. The van der Waals surface area contributed by atoms with Gasteiger partial charge in [-0.1, -0.05) is 18.2 Å². The lowest BCUT2D eigenvalue weighted by atomic mass is 10.1. The van der Waals surface area contributed by atoms with Crippen molar-refractivity contribution in [3.05, 3.63) is 35.4 Å². The lowest BCUT2D eigenvalue weighted by molar-refractivity contribution is -0.142. The fraction of sp³-hybridized carbons (Fsp3) is 0.438. The molecule has 1 fully saturated rings. The van der Waals surface area contributed by atoms with Crippen molar-refractivity contribution in [3.63, 3.8) is 0 Å². The largest absolute Gasteiger partial charge is 0.480 e. The third-order valence-corrected chi connectivity index (χ3v) is 6.17. The molecule has 2 N–H and O–H groups in total. The number of hydrogen-bond acceptors (Lipinski definition) is 5. The second-order valence-electron chi connectivity index (χ2n) is 5.68. The van der Waals surface area contributed by atoms with Gasteiger partial charge in [-0.15, -0.1) is 11.8 Å². The number of aliphatic carboxylic acids is 1. The van der Waals surface area contributed by atoms with E-state index in [0.29, 0.717) is 23.5 Å². The molecule has 3 atom stereocenters. The fourth-order valence-electron chi connectivity index (χ4n) is 3.00. The number of nitrogens with zero attached hydrogens (tertiary/aromatic N) is 1. The van der Waals surface area contributed by atoms with Crippen LogP contribution in [0.5, 0.6) is 0 Å². The zero-order chi connectivity index (χ0) is 17.3. The van der Waals surface area contributed by atoms with E-state index in [1.54, 1.807) is 22.7 Å². The van der Waals surface area contributed by atoms with Gasteiger partial charge < -0.3 is 15.3 Å². The Labute approximate surface area is 148 Å². The van der Waals surface area contributed by atoms with Crippen LogP contribution in [0.25, 0.3) is 0 Å². The number of fused-ring (bicyclic) bond motifs is 3. The van der Waals surface area contributed by atoms with E-state index in [-0.39, 0.29) is 17.2 Å². The van der Waals surface area contributed by atoms with Gasteiger partial charge in [0.25, 0.3) is 5.91 Å². The molecule has 8 heteroatoms. The van der Waals surface area contributed by atoms with Gasteiger partial charge in [-0.25, -0.2) is 4.79 Å². The summed E-state index contributed by atoms with van der Waals surface area (Å²) in [4.78, 5) is 38.1. The zero-order valence-corrected chi connectivity index (χ0v) is 14.7. The molecule has 0 unspecified atom stereocenters. The van der Waals surface area contributed by atoms with Crippen LogP contribution in [0.4, 0.5) is 0 Å². The Morgan fingerprint density at radius 1 is 1.46 bits per heavy atom. The molecular formula is C16H18N2O4S2. The Morgan fingerprint density at radius 3 is 2.92 bits per heavy atom. The first-order chi connectivity index (χ1) is 11.5. The highest BCUT2D eigenvalue weighted by molar-refractivity contribution is 7.99. The smallest absolute Gasteiger partial charge is 0.326 e. The van der Waals surface area contributed by atoms with Crippen molar-refractivity contribution in [3.8, 4) is 0 Å². The van der Waals surface area contributed by atoms with E-state index in [9.17, 15) is 19.5 Å². The van der Waals surface area contributed by atoms with E-state index >= 15 is 0 Å². The van der Waals surface area contributed by atoms with Crippen molar-refractivity contribution < 1.29 is 19.5 Å². The summed E-state index contributed by atoms with van der Waals surface area (Å²) in [6, 6.07) is 5.81. The number of hydrogen-bond donors (Lipinski definition) is 2. The van der Waals surface area contributed by atoms with E-state index in [0.717, 1.165) is 5.56 Å². The van der Waals surface area contributed by atoms with Gasteiger partial charge in [-0.05, 0) is 30.1 Å². The van der Waals surface area contributed by atoms with Gasteiger partial charge in [0.15, 0.2) is 0 Å². The number of carbonyl (C=O) groups excluding carboxylic acids is 2. The normalized spacial score (nSPS) is 22.9. The highest BCUT2D eigenvalue weighted by atomic mass is 32.2. The summed E-state index contributed by atoms with van der Waals surface area (Å²) in [6.07, 6.45) is 2.25. The van der Waals surface area contributed by atoms with Crippen molar-refractivity contribution in [1.82, 2.24) is 10.2 Å². The van der Waals surface area contributed by atoms with Crippen LogP contribution in [0.1, 0.15) is 27.7 Å². The van der Waals surface area contributed by atoms with Crippen LogP contribution in [0.15, 0.2) is 24.3 Å². The Balaban J connectivity index is 1.74. The molecule has 3 rings (SSSR count).